The van der Waals surface area contributed by atoms with Gasteiger partial charge < -0.3 is 24.8 Å². The average molecular weight is 358 g/mol. The highest BCUT2D eigenvalue weighted by molar-refractivity contribution is 5.97. The van der Waals surface area contributed by atoms with E-state index >= 15 is 0 Å². The Morgan fingerprint density at radius 3 is 1.96 bits per heavy atom. The second-order valence-electron chi connectivity index (χ2n) is 5.55. The van der Waals surface area contributed by atoms with Gasteiger partial charge in [0.15, 0.2) is 5.92 Å². The van der Waals surface area contributed by atoms with Crippen molar-refractivity contribution in [1.29, 1.82) is 0 Å². The molecule has 0 aromatic carbocycles. The van der Waals surface area contributed by atoms with E-state index in [4.69, 9.17) is 0 Å². The van der Waals surface area contributed by atoms with Crippen LogP contribution in [0.1, 0.15) is 19.8 Å². The lowest BCUT2D eigenvalue weighted by molar-refractivity contribution is -0.163. The Bertz CT molecular complexity index is 546. The largest absolute Gasteiger partial charge is 0.468 e. The lowest BCUT2D eigenvalue weighted by Gasteiger charge is -2.27. The minimum Gasteiger partial charge on any atom is -0.468 e. The molecule has 3 atom stereocenters. The Balaban J connectivity index is 3.00. The molecule has 0 aliphatic carbocycles. The van der Waals surface area contributed by atoms with Gasteiger partial charge in [0.25, 0.3) is 0 Å². The molecule has 0 radical (unpaired) electrons. The third kappa shape index (κ3) is 4.91. The first-order valence-electron chi connectivity index (χ1n) is 7.60. The van der Waals surface area contributed by atoms with Gasteiger partial charge in [0, 0.05) is 12.3 Å². The summed E-state index contributed by atoms with van der Waals surface area (Å²) in [6.07, 6.45) is 0.480. The van der Waals surface area contributed by atoms with Gasteiger partial charge >= 0.3 is 17.9 Å². The van der Waals surface area contributed by atoms with Crippen molar-refractivity contribution in [3.05, 3.63) is 0 Å². The molecule has 140 valence electrons. The Hall–Kier alpha value is -2.65. The molecule has 1 heterocycles. The number of carbonyl (C=O) groups is 5. The Labute approximate surface area is 144 Å². The van der Waals surface area contributed by atoms with E-state index in [1.54, 1.807) is 0 Å². The standard InChI is InChI=1S/C15H22N2O8/c1-7(10(13(20)23-2)14(21)24-3)11(15(22)25-4)17-12(19)8-5-6-9(18)16-8/h7-8,10-11H,5-6H2,1-4H3,(H,16,18)(H,17,19)/t7-,8-,11-/m0/s1. The molecule has 10 heteroatoms. The first-order chi connectivity index (χ1) is 11.8. The van der Waals surface area contributed by atoms with Gasteiger partial charge in [0.1, 0.15) is 12.1 Å². The molecule has 1 rings (SSSR count). The molecule has 1 aliphatic rings. The first-order valence-corrected chi connectivity index (χ1v) is 7.60. The van der Waals surface area contributed by atoms with Crippen molar-refractivity contribution in [2.24, 2.45) is 11.8 Å². The molecule has 10 nitrogen and oxygen atoms in total. The van der Waals surface area contributed by atoms with E-state index in [2.05, 4.69) is 24.8 Å². The molecular formula is C15H22N2O8. The summed E-state index contributed by atoms with van der Waals surface area (Å²) in [6.45, 7) is 1.41. The van der Waals surface area contributed by atoms with Gasteiger partial charge in [0.05, 0.1) is 21.3 Å². The quantitative estimate of drug-likeness (QED) is 0.319. The van der Waals surface area contributed by atoms with E-state index in [1.807, 2.05) is 0 Å². The van der Waals surface area contributed by atoms with E-state index < -0.39 is 47.7 Å². The van der Waals surface area contributed by atoms with Crippen LogP contribution in [0.5, 0.6) is 0 Å². The van der Waals surface area contributed by atoms with Gasteiger partial charge in [-0.25, -0.2) is 4.79 Å². The van der Waals surface area contributed by atoms with Crippen LogP contribution in [0.25, 0.3) is 0 Å². The Morgan fingerprint density at radius 1 is 1.04 bits per heavy atom. The summed E-state index contributed by atoms with van der Waals surface area (Å²) in [7, 11) is 3.28. The zero-order valence-electron chi connectivity index (χ0n) is 14.5. The summed E-state index contributed by atoms with van der Waals surface area (Å²) >= 11 is 0. The Kier molecular flexibility index (Phi) is 7.34. The van der Waals surface area contributed by atoms with Gasteiger partial charge in [-0.15, -0.1) is 0 Å². The fourth-order valence-corrected chi connectivity index (χ4v) is 2.57. The van der Waals surface area contributed by atoms with Gasteiger partial charge in [0.2, 0.25) is 11.8 Å². The summed E-state index contributed by atoms with van der Waals surface area (Å²) in [4.78, 5) is 59.4. The number of methoxy groups -OCH3 is 3. The molecule has 0 unspecified atom stereocenters. The molecule has 0 aromatic heterocycles. The molecule has 1 saturated heterocycles. The van der Waals surface area contributed by atoms with Crippen molar-refractivity contribution in [3.8, 4) is 0 Å². The summed E-state index contributed by atoms with van der Waals surface area (Å²) in [6, 6.07) is -2.10. The van der Waals surface area contributed by atoms with Crippen molar-refractivity contribution in [2.75, 3.05) is 21.3 Å². The van der Waals surface area contributed by atoms with Crippen LogP contribution < -0.4 is 10.6 Å². The van der Waals surface area contributed by atoms with Gasteiger partial charge in [-0.2, -0.15) is 0 Å². The minimum absolute atomic E-state index is 0.198. The number of hydrogen-bond donors (Lipinski definition) is 2. The van der Waals surface area contributed by atoms with E-state index in [0.29, 0.717) is 0 Å². The maximum Gasteiger partial charge on any atom is 0.328 e. The normalized spacial score (nSPS) is 18.8. The average Bonchev–Trinajstić information content (AvgIpc) is 3.04. The fraction of sp³-hybridized carbons (Fsp3) is 0.667. The van der Waals surface area contributed by atoms with Crippen LogP contribution in [0.4, 0.5) is 0 Å². The maximum absolute atomic E-state index is 12.3. The van der Waals surface area contributed by atoms with Gasteiger partial charge in [-0.3, -0.25) is 19.2 Å². The molecule has 1 aliphatic heterocycles. The summed E-state index contributed by atoms with van der Waals surface area (Å²) in [5.74, 6) is -5.98. The minimum atomic E-state index is -1.43. The highest BCUT2D eigenvalue weighted by Gasteiger charge is 2.43. The van der Waals surface area contributed by atoms with Crippen molar-refractivity contribution >= 4 is 29.7 Å². The van der Waals surface area contributed by atoms with Crippen LogP contribution in [0.3, 0.4) is 0 Å². The molecule has 2 N–H and O–H groups in total. The molecule has 0 saturated carbocycles. The molecule has 25 heavy (non-hydrogen) atoms. The molecule has 0 bridgehead atoms. The van der Waals surface area contributed by atoms with Crippen molar-refractivity contribution in [1.82, 2.24) is 10.6 Å². The van der Waals surface area contributed by atoms with Gasteiger partial charge in [-0.05, 0) is 6.42 Å². The van der Waals surface area contributed by atoms with E-state index in [9.17, 15) is 24.0 Å². The number of ether oxygens (including phenoxy) is 3. The number of nitrogens with one attached hydrogen (secondary N) is 2. The molecule has 2 amide bonds. The van der Waals surface area contributed by atoms with Crippen LogP contribution >= 0.6 is 0 Å². The van der Waals surface area contributed by atoms with Crippen LogP contribution in [0.2, 0.25) is 0 Å². The van der Waals surface area contributed by atoms with Crippen LogP contribution in [-0.2, 0) is 38.2 Å². The van der Waals surface area contributed by atoms with Crippen molar-refractivity contribution < 1.29 is 38.2 Å². The van der Waals surface area contributed by atoms with E-state index in [0.717, 1.165) is 21.3 Å². The summed E-state index contributed by atoms with van der Waals surface area (Å²) < 4.78 is 13.8. The first kappa shape index (κ1) is 20.4. The molecule has 0 spiro atoms. The number of amides is 2. The fourth-order valence-electron chi connectivity index (χ4n) is 2.57. The van der Waals surface area contributed by atoms with Crippen molar-refractivity contribution in [3.63, 3.8) is 0 Å². The smallest absolute Gasteiger partial charge is 0.328 e. The predicted molar refractivity (Wildman–Crippen MR) is 81.8 cm³/mol. The monoisotopic (exact) mass is 358 g/mol. The van der Waals surface area contributed by atoms with Crippen molar-refractivity contribution in [2.45, 2.75) is 31.8 Å². The summed E-state index contributed by atoms with van der Waals surface area (Å²) in [5, 5.41) is 4.89. The molecule has 0 aromatic rings. The second kappa shape index (κ2) is 9.00. The van der Waals surface area contributed by atoms with Crippen LogP contribution in [0.15, 0.2) is 0 Å². The third-order valence-electron chi connectivity index (χ3n) is 4.03. The number of hydrogen-bond acceptors (Lipinski definition) is 8. The zero-order chi connectivity index (χ0) is 19.1. The second-order valence-corrected chi connectivity index (χ2v) is 5.55. The number of esters is 3. The Morgan fingerprint density at radius 2 is 1.56 bits per heavy atom. The van der Waals surface area contributed by atoms with E-state index in [1.165, 1.54) is 6.92 Å². The topological polar surface area (TPSA) is 137 Å². The zero-order valence-corrected chi connectivity index (χ0v) is 14.5. The van der Waals surface area contributed by atoms with Crippen LogP contribution in [-0.4, -0.2) is 63.1 Å². The summed E-state index contributed by atoms with van der Waals surface area (Å²) in [5.41, 5.74) is 0. The third-order valence-corrected chi connectivity index (χ3v) is 4.03. The molecule has 1 fully saturated rings. The highest BCUT2D eigenvalue weighted by Crippen LogP contribution is 2.21. The maximum atomic E-state index is 12.3. The SMILES string of the molecule is COC(=O)C(C(=O)OC)[C@H](C)[C@H](NC(=O)[C@@H]1CCC(=O)N1)C(=O)OC. The lowest BCUT2D eigenvalue weighted by Crippen LogP contribution is -2.54. The highest BCUT2D eigenvalue weighted by atomic mass is 16.5. The molecular weight excluding hydrogens is 336 g/mol. The number of carbonyl (C=O) groups excluding carboxylic acids is 5. The van der Waals surface area contributed by atoms with E-state index in [-0.39, 0.29) is 18.7 Å². The lowest BCUT2D eigenvalue weighted by atomic mass is 9.87. The predicted octanol–water partition coefficient (Wildman–Crippen LogP) is -1.48. The van der Waals surface area contributed by atoms with Gasteiger partial charge in [-0.1, -0.05) is 6.92 Å². The van der Waals surface area contributed by atoms with Crippen LogP contribution in [0, 0.1) is 11.8 Å². The number of rotatable bonds is 7.